The topological polar surface area (TPSA) is 56.4 Å². The van der Waals surface area contributed by atoms with Crippen molar-refractivity contribution in [1.29, 1.82) is 0 Å². The molecule has 3 atom stereocenters. The van der Waals surface area contributed by atoms with Gasteiger partial charge in [0.1, 0.15) is 34.1 Å². The molecule has 0 spiro atoms. The highest BCUT2D eigenvalue weighted by Gasteiger charge is 2.49. The maximum absolute atomic E-state index is 16.8. The molecule has 6 nitrogen and oxygen atoms in total. The van der Waals surface area contributed by atoms with Crippen molar-refractivity contribution in [2.24, 2.45) is 0 Å². The highest BCUT2D eigenvalue weighted by Crippen LogP contribution is 2.44. The molecule has 0 amide bonds. The van der Waals surface area contributed by atoms with Crippen LogP contribution in [0.3, 0.4) is 0 Å². The first-order chi connectivity index (χ1) is 22.8. The molecule has 0 aliphatic carbocycles. The van der Waals surface area contributed by atoms with E-state index in [1.807, 2.05) is 54.3 Å². The number of aromatic nitrogens is 2. The lowest BCUT2D eigenvalue weighted by atomic mass is 9.82. The first kappa shape index (κ1) is 34.6. The molecule has 0 bridgehead atoms. The van der Waals surface area contributed by atoms with Gasteiger partial charge in [-0.25, -0.2) is 17.6 Å². The second-order valence-corrected chi connectivity index (χ2v) is 17.8. The largest absolute Gasteiger partial charge is 0.517 e. The van der Waals surface area contributed by atoms with Crippen LogP contribution in [-0.2, 0) is 10.8 Å². The van der Waals surface area contributed by atoms with E-state index in [1.54, 1.807) is 6.20 Å². The van der Waals surface area contributed by atoms with Gasteiger partial charge >= 0.3 is 9.04 Å². The van der Waals surface area contributed by atoms with Crippen molar-refractivity contribution in [2.45, 2.75) is 76.3 Å². The van der Waals surface area contributed by atoms with Crippen LogP contribution >= 0.6 is 0 Å². The van der Waals surface area contributed by atoms with Crippen molar-refractivity contribution in [3.63, 3.8) is 0 Å². The number of hydrogen-bond donors (Lipinski definition) is 2. The molecule has 48 heavy (non-hydrogen) atoms. The summed E-state index contributed by atoms with van der Waals surface area (Å²) in [5, 5.41) is 12.2. The minimum Gasteiger partial charge on any atom is -0.380 e. The van der Waals surface area contributed by atoms with Crippen LogP contribution < -0.4 is 10.5 Å². The van der Waals surface area contributed by atoms with Gasteiger partial charge < -0.3 is 5.32 Å². The van der Waals surface area contributed by atoms with Gasteiger partial charge in [-0.05, 0) is 88.9 Å². The summed E-state index contributed by atoms with van der Waals surface area (Å²) in [5.41, 5.74) is 0.977. The average molecular weight is 681 g/mol. The molecule has 11 heteroatoms. The number of alkyl halides is 2. The van der Waals surface area contributed by atoms with Crippen molar-refractivity contribution in [1.82, 2.24) is 20.0 Å². The van der Waals surface area contributed by atoms with E-state index >= 15 is 13.2 Å². The van der Waals surface area contributed by atoms with Crippen LogP contribution in [0.4, 0.5) is 23.2 Å². The van der Waals surface area contributed by atoms with Gasteiger partial charge in [0.25, 0.3) is 0 Å². The molecule has 6 rings (SSSR count). The number of fused-ring (bicyclic) bond motifs is 3. The normalized spacial score (nSPS) is 20.4. The predicted octanol–water partition coefficient (Wildman–Crippen LogP) is 7.08. The molecule has 3 heterocycles. The third-order valence-electron chi connectivity index (χ3n) is 9.50. The Labute approximate surface area is 282 Å². The van der Waals surface area contributed by atoms with Gasteiger partial charge in [0.2, 0.25) is 0 Å². The number of likely N-dealkylation sites (tertiary alicyclic amines) is 1. The molecule has 4 aromatic rings. The summed E-state index contributed by atoms with van der Waals surface area (Å²) in [4.78, 5) is 4.00. The monoisotopic (exact) mass is 680 g/mol. The first-order valence-corrected chi connectivity index (χ1v) is 18.2. The molecule has 2 N–H and O–H groups in total. The Morgan fingerprint density at radius 1 is 1.04 bits per heavy atom. The summed E-state index contributed by atoms with van der Waals surface area (Å²) in [6.07, 6.45) is 2.79. The van der Waals surface area contributed by atoms with E-state index in [9.17, 15) is 4.39 Å². The van der Waals surface area contributed by atoms with Crippen molar-refractivity contribution in [3.05, 3.63) is 89.1 Å². The van der Waals surface area contributed by atoms with Crippen molar-refractivity contribution in [3.8, 4) is 0 Å². The smallest absolute Gasteiger partial charge is 0.380 e. The second kappa shape index (κ2) is 13.9. The Bertz CT molecular complexity index is 1680. The van der Waals surface area contributed by atoms with Crippen LogP contribution in [0.2, 0.25) is 5.04 Å². The molecule has 1 aromatic heterocycles. The van der Waals surface area contributed by atoms with Gasteiger partial charge in [-0.1, -0.05) is 24.3 Å². The molecule has 2 aliphatic heterocycles. The number of nitrogens with one attached hydrogen (secondary N) is 2. The molecular formula is C37H46F4N5OSi+. The van der Waals surface area contributed by atoms with E-state index in [2.05, 4.69) is 41.2 Å². The molecule has 0 radical (unpaired) electrons. The summed E-state index contributed by atoms with van der Waals surface area (Å²) in [7, 11) is -1.60. The molecule has 1 saturated heterocycles. The summed E-state index contributed by atoms with van der Waals surface area (Å²) in [6.45, 7) is 11.3. The summed E-state index contributed by atoms with van der Waals surface area (Å²) < 4.78 is 68.3. The minimum atomic E-state index is -1.81. The lowest BCUT2D eigenvalue weighted by molar-refractivity contribution is 0.0228. The Hall–Kier alpha value is -3.25. The second-order valence-electron chi connectivity index (χ2n) is 14.7. The van der Waals surface area contributed by atoms with E-state index in [1.165, 1.54) is 19.1 Å². The summed E-state index contributed by atoms with van der Waals surface area (Å²) >= 11 is 0. The Balaban J connectivity index is 1.30. The number of H-pyrrole nitrogens is 1. The third kappa shape index (κ3) is 7.34. The van der Waals surface area contributed by atoms with Gasteiger partial charge in [0.05, 0.1) is 30.5 Å². The third-order valence-corrected chi connectivity index (χ3v) is 12.2. The van der Waals surface area contributed by atoms with Gasteiger partial charge in [0.15, 0.2) is 0 Å². The fourth-order valence-corrected chi connectivity index (χ4v) is 9.66. The summed E-state index contributed by atoms with van der Waals surface area (Å²) in [5.74, 6) is -1.37. The van der Waals surface area contributed by atoms with Gasteiger partial charge in [-0.2, -0.15) is 5.10 Å². The predicted molar refractivity (Wildman–Crippen MR) is 186 cm³/mol. The number of nitrogens with zero attached hydrogens (tertiary/aromatic N) is 3. The Morgan fingerprint density at radius 2 is 1.75 bits per heavy atom. The minimum absolute atomic E-state index is 0.0261. The molecule has 2 aliphatic rings. The van der Waals surface area contributed by atoms with Crippen molar-refractivity contribution < 1.29 is 22.0 Å². The SMILES string of the molecule is C[C@@H]1Cc2c(ccc3[nH]ncc23)[C@@H](c2c(F)cc(NC3CN(CCCF)C3)cc2F)N1CC(C)(F)CO[Si+](c1ccccc1)C(C)(C)C. The highest BCUT2D eigenvalue weighted by atomic mass is 28.3. The number of hydrogen-bond acceptors (Lipinski definition) is 5. The van der Waals surface area contributed by atoms with E-state index in [0.29, 0.717) is 38.2 Å². The zero-order valence-corrected chi connectivity index (χ0v) is 29.4. The maximum Gasteiger partial charge on any atom is 0.517 e. The molecule has 256 valence electrons. The van der Waals surface area contributed by atoms with Gasteiger partial charge in [-0.15, -0.1) is 0 Å². The molecule has 1 fully saturated rings. The van der Waals surface area contributed by atoms with E-state index in [-0.39, 0.29) is 42.5 Å². The zero-order chi connectivity index (χ0) is 34.2. The lowest BCUT2D eigenvalue weighted by Gasteiger charge is -2.44. The van der Waals surface area contributed by atoms with Crippen LogP contribution in [0.25, 0.3) is 10.9 Å². The van der Waals surface area contributed by atoms with Crippen molar-refractivity contribution >= 4 is 30.8 Å². The number of rotatable bonds is 12. The van der Waals surface area contributed by atoms with Crippen LogP contribution in [0.15, 0.2) is 60.8 Å². The standard InChI is InChI=1S/C37H46F4N5OSi/c1-24-16-29-28(12-13-33-30(29)19-42-44-33)35(34-31(39)17-25(18-32(34)40)43-26-20-45(21-26)15-9-14-38)46(24)22-37(5,41)23-47-48(36(2,3)4)27-10-7-6-8-11-27/h6-8,10-13,17-19,24,26,35,43H,9,14-16,20-23H2,1-5H3,(H,42,44)/q+1/t24-,35+,37?/m1/s1. The Morgan fingerprint density at radius 3 is 2.42 bits per heavy atom. The number of benzene rings is 3. The van der Waals surface area contributed by atoms with E-state index in [0.717, 1.165) is 27.2 Å². The molecule has 0 saturated carbocycles. The molecular weight excluding hydrogens is 635 g/mol. The molecule has 3 aromatic carbocycles. The summed E-state index contributed by atoms with van der Waals surface area (Å²) in [6, 6.07) is 15.3. The quantitative estimate of drug-likeness (QED) is 0.124. The van der Waals surface area contributed by atoms with Gasteiger partial charge in [-0.3, -0.25) is 19.3 Å². The van der Waals surface area contributed by atoms with Crippen LogP contribution in [0.5, 0.6) is 0 Å². The number of aromatic amines is 1. The number of anilines is 1. The molecule has 1 unspecified atom stereocenters. The maximum atomic E-state index is 16.8. The lowest BCUT2D eigenvalue weighted by Crippen LogP contribution is -2.54. The average Bonchev–Trinajstić information content (AvgIpc) is 3.49. The van der Waals surface area contributed by atoms with Crippen LogP contribution in [0.1, 0.15) is 63.8 Å². The van der Waals surface area contributed by atoms with E-state index < -0.39 is 32.4 Å². The van der Waals surface area contributed by atoms with Crippen LogP contribution in [0, 0.1) is 11.6 Å². The van der Waals surface area contributed by atoms with E-state index in [4.69, 9.17) is 4.43 Å². The zero-order valence-electron chi connectivity index (χ0n) is 28.4. The first-order valence-electron chi connectivity index (χ1n) is 16.8. The Kier molecular flexibility index (Phi) is 10.0. The fourth-order valence-electron chi connectivity index (χ4n) is 7.25. The fraction of sp³-hybridized carbons (Fsp3) is 0.486. The highest BCUT2D eigenvalue weighted by molar-refractivity contribution is 6.70. The van der Waals surface area contributed by atoms with Gasteiger partial charge in [0, 0.05) is 48.9 Å². The van der Waals surface area contributed by atoms with Crippen LogP contribution in [-0.4, -0.2) is 86.3 Å². The number of halogens is 4. The van der Waals surface area contributed by atoms with Crippen molar-refractivity contribution in [2.75, 3.05) is 44.8 Å².